The molecule has 0 saturated carbocycles. The molecule has 0 atom stereocenters. The monoisotopic (exact) mass is 554 g/mol. The van der Waals surface area contributed by atoms with Crippen LogP contribution < -0.4 is 5.11 Å². The van der Waals surface area contributed by atoms with Gasteiger partial charge in [0.2, 0.25) is 0 Å². The first kappa shape index (κ1) is 27.1. The molecule has 0 aliphatic heterocycles. The van der Waals surface area contributed by atoms with Crippen molar-refractivity contribution in [2.45, 2.75) is 0 Å². The molecule has 7 nitrogen and oxygen atoms in total. The minimum absolute atomic E-state index is 0. The Bertz CT molecular complexity index is 1680. The van der Waals surface area contributed by atoms with E-state index in [1.54, 1.807) is 66.9 Å². The second-order valence-corrected chi connectivity index (χ2v) is 8.20. The maximum absolute atomic E-state index is 12.8. The molecule has 5 aromatic rings. The molecule has 8 heteroatoms. The summed E-state index contributed by atoms with van der Waals surface area (Å²) in [5, 5.41) is 17.3. The normalized spacial score (nSPS) is 11.5. The largest absolute Gasteiger partial charge is 2.00 e. The summed E-state index contributed by atoms with van der Waals surface area (Å²) in [5.74, 6) is -1.89. The van der Waals surface area contributed by atoms with Crippen molar-refractivity contribution in [3.8, 4) is 0 Å². The number of carboxylic acid groups (broad SMARTS) is 1. The number of rotatable bonds is 7. The van der Waals surface area contributed by atoms with Gasteiger partial charge in [0.05, 0.1) is 22.9 Å². The number of carbonyl (C=O) groups is 2. The Morgan fingerprint density at radius 3 is 2.21 bits per heavy atom. The second-order valence-electron chi connectivity index (χ2n) is 8.20. The zero-order valence-electron chi connectivity index (χ0n) is 20.4. The second kappa shape index (κ2) is 12.5. The Morgan fingerprint density at radius 2 is 1.44 bits per heavy atom. The first-order chi connectivity index (χ1) is 18.6. The van der Waals surface area contributed by atoms with Crippen molar-refractivity contribution in [3.63, 3.8) is 0 Å². The van der Waals surface area contributed by atoms with Crippen LogP contribution in [0.15, 0.2) is 127 Å². The van der Waals surface area contributed by atoms with Crippen LogP contribution in [0.3, 0.4) is 0 Å². The van der Waals surface area contributed by atoms with E-state index in [1.807, 2.05) is 42.5 Å². The van der Waals surface area contributed by atoms with E-state index < -0.39 is 11.9 Å². The van der Waals surface area contributed by atoms with Gasteiger partial charge >= 0.3 is 16.5 Å². The van der Waals surface area contributed by atoms with Gasteiger partial charge < -0.3 is 20.0 Å². The van der Waals surface area contributed by atoms with Crippen LogP contribution in [0.1, 0.15) is 27.2 Å². The third-order valence-corrected chi connectivity index (χ3v) is 5.78. The van der Waals surface area contributed by atoms with E-state index in [-0.39, 0.29) is 27.8 Å². The van der Waals surface area contributed by atoms with Gasteiger partial charge in [-0.05, 0) is 23.8 Å². The summed E-state index contributed by atoms with van der Waals surface area (Å²) < 4.78 is 0. The molecule has 0 radical (unpaired) electrons. The number of hydrogen-bond donors (Lipinski definition) is 0. The molecule has 0 fully saturated rings. The van der Waals surface area contributed by atoms with Crippen molar-refractivity contribution in [2.24, 2.45) is 4.99 Å². The summed E-state index contributed by atoms with van der Waals surface area (Å²) in [6.45, 7) is 0. The summed E-state index contributed by atoms with van der Waals surface area (Å²) in [4.78, 5) is 38.1. The number of fused-ring (bicyclic) bond motifs is 1. The van der Waals surface area contributed by atoms with Crippen LogP contribution in [0.25, 0.3) is 21.8 Å². The first-order valence-corrected chi connectivity index (χ1v) is 11.8. The molecule has 0 aliphatic carbocycles. The molecule has 39 heavy (non-hydrogen) atoms. The summed E-state index contributed by atoms with van der Waals surface area (Å²) in [6.07, 6.45) is 4.39. The molecule has 3 aromatic carbocycles. The van der Waals surface area contributed by atoms with Crippen LogP contribution >= 0.6 is 0 Å². The molecule has 0 aliphatic rings. The Hall–Kier alpha value is -4.94. The van der Waals surface area contributed by atoms with Crippen LogP contribution in [0.5, 0.6) is 0 Å². The predicted octanol–water partition coefficient (Wildman–Crippen LogP) is 5.10. The third-order valence-electron chi connectivity index (χ3n) is 5.78. The van der Waals surface area contributed by atoms with Crippen molar-refractivity contribution in [2.75, 3.05) is 0 Å². The number of aliphatic imine (C=N–C) groups is 1. The number of hydrogen-bond acceptors (Lipinski definition) is 6. The fraction of sp³-hybridized carbons (Fsp3) is 0. The molecular weight excluding hydrogens is 535 g/mol. The van der Waals surface area contributed by atoms with E-state index in [0.29, 0.717) is 33.6 Å². The van der Waals surface area contributed by atoms with E-state index in [9.17, 15) is 14.7 Å². The number of carboxylic acids is 1. The van der Waals surface area contributed by atoms with E-state index in [4.69, 9.17) is 0 Å². The van der Waals surface area contributed by atoms with Gasteiger partial charge in [-0.1, -0.05) is 84.9 Å². The maximum Gasteiger partial charge on any atom is 2.00 e. The number of pyridine rings is 2. The minimum Gasteiger partial charge on any atom is -0.621 e. The summed E-state index contributed by atoms with van der Waals surface area (Å²) in [7, 11) is 0. The summed E-state index contributed by atoms with van der Waals surface area (Å²) in [5.41, 5.74) is 3.08. The third kappa shape index (κ3) is 6.14. The quantitative estimate of drug-likeness (QED) is 0.158. The number of benzene rings is 3. The van der Waals surface area contributed by atoms with Crippen molar-refractivity contribution < 1.29 is 31.2 Å². The predicted molar refractivity (Wildman–Crippen MR) is 145 cm³/mol. The molecule has 5 rings (SSSR count). The van der Waals surface area contributed by atoms with E-state index in [2.05, 4.69) is 20.3 Å². The average Bonchev–Trinajstić information content (AvgIpc) is 2.96. The average molecular weight is 555 g/mol. The van der Waals surface area contributed by atoms with Gasteiger partial charge in [0.15, 0.2) is 0 Å². The minimum atomic E-state index is -1.39. The van der Waals surface area contributed by atoms with Crippen molar-refractivity contribution in [1.82, 2.24) is 9.97 Å². The van der Waals surface area contributed by atoms with Crippen molar-refractivity contribution in [3.05, 3.63) is 149 Å². The topological polar surface area (TPSA) is 109 Å². The number of aliphatic carboxylic acids is 1. The van der Waals surface area contributed by atoms with Crippen LogP contribution in [0, 0.1) is 0 Å². The number of carbonyl (C=O) groups excluding carboxylic acids is 2. The number of amides is 1. The molecule has 1 amide bonds. The Balaban J connectivity index is 0.00000353. The standard InChI is InChI=1S/C31H22N4O3.Ni/c36-30(27-17-6-7-18-32-27)35-26-16-5-4-14-24(26)29(21-10-2-1-3-11-21)34-20-25(31(37)38)23-15-8-12-22-13-9-19-33-28(22)23;/h1-20H,(H2,34,35,36,37,38);/q;+2/p-2/b25-20-;. The van der Waals surface area contributed by atoms with E-state index in [1.165, 1.54) is 12.4 Å². The molecule has 0 spiro atoms. The van der Waals surface area contributed by atoms with Crippen LogP contribution in [-0.2, 0) is 21.3 Å². The first-order valence-electron chi connectivity index (χ1n) is 11.8. The van der Waals surface area contributed by atoms with E-state index in [0.717, 1.165) is 5.39 Å². The van der Waals surface area contributed by atoms with E-state index >= 15 is 0 Å². The van der Waals surface area contributed by atoms with Gasteiger partial charge in [-0.15, -0.1) is 5.69 Å². The summed E-state index contributed by atoms with van der Waals surface area (Å²) >= 11 is 0. The van der Waals surface area contributed by atoms with Gasteiger partial charge in [0, 0.05) is 40.7 Å². The van der Waals surface area contributed by atoms with Gasteiger partial charge in [0.25, 0.3) is 0 Å². The van der Waals surface area contributed by atoms with Gasteiger partial charge in [-0.2, -0.15) is 0 Å². The number of aromatic nitrogens is 2. The van der Waals surface area contributed by atoms with Gasteiger partial charge in [0.1, 0.15) is 5.91 Å². The fourth-order valence-electron chi connectivity index (χ4n) is 4.01. The summed E-state index contributed by atoms with van der Waals surface area (Å²) in [6, 6.07) is 30.3. The fourth-order valence-corrected chi connectivity index (χ4v) is 4.01. The number of para-hydroxylation sites is 2. The van der Waals surface area contributed by atoms with Gasteiger partial charge in [-0.3, -0.25) is 15.0 Å². The Kier molecular flexibility index (Phi) is 8.72. The molecule has 192 valence electrons. The smallest absolute Gasteiger partial charge is 0.621 e. The van der Waals surface area contributed by atoms with Crippen molar-refractivity contribution >= 4 is 39.8 Å². The van der Waals surface area contributed by atoms with Crippen LogP contribution in [-0.4, -0.2) is 27.6 Å². The number of nitrogens with zero attached hydrogens (tertiary/aromatic N) is 4. The molecule has 0 bridgehead atoms. The molecule has 2 heterocycles. The SMILES string of the molecule is O=C([O-])/C(=C\N=C(c1ccccc1)c1ccccc1[N-]C(=O)c1ccccn1)c1cccc2cccnc12.[Ni+2]. The zero-order chi connectivity index (χ0) is 26.3. The van der Waals surface area contributed by atoms with Crippen molar-refractivity contribution in [1.29, 1.82) is 0 Å². The maximum atomic E-state index is 12.8. The molecule has 0 N–H and O–H groups in total. The van der Waals surface area contributed by atoms with Gasteiger partial charge in [-0.25, -0.2) is 0 Å². The zero-order valence-corrected chi connectivity index (χ0v) is 21.4. The molecule has 0 saturated heterocycles. The Labute approximate surface area is 234 Å². The molecule has 2 aromatic heterocycles. The van der Waals surface area contributed by atoms with Crippen LogP contribution in [0.4, 0.5) is 5.69 Å². The molecule has 0 unspecified atom stereocenters. The Morgan fingerprint density at radius 1 is 0.744 bits per heavy atom. The van der Waals surface area contributed by atoms with Crippen LogP contribution in [0.2, 0.25) is 0 Å². The molecular formula is C31H20N4NiO3.